The monoisotopic (exact) mass is 366 g/mol. The van der Waals surface area contributed by atoms with Gasteiger partial charge in [-0.1, -0.05) is 52.7 Å². The van der Waals surface area contributed by atoms with Gasteiger partial charge < -0.3 is 9.47 Å². The molecule has 0 N–H and O–H groups in total. The van der Waals surface area contributed by atoms with Crippen molar-refractivity contribution in [3.05, 3.63) is 63.1 Å². The molecule has 0 saturated heterocycles. The van der Waals surface area contributed by atoms with Crippen molar-refractivity contribution in [2.75, 3.05) is 7.11 Å². The van der Waals surface area contributed by atoms with Crippen LogP contribution in [0.4, 0.5) is 0 Å². The molecule has 0 saturated carbocycles. The Bertz CT molecular complexity index is 823. The highest BCUT2D eigenvalue weighted by Gasteiger charge is 2.10. The molecule has 0 atom stereocenters. The van der Waals surface area contributed by atoms with Crippen LogP contribution in [0.25, 0.3) is 0 Å². The van der Waals surface area contributed by atoms with Crippen LogP contribution in [0.3, 0.4) is 0 Å². The first-order chi connectivity index (χ1) is 11.2. The quantitative estimate of drug-likeness (QED) is 0.619. The van der Waals surface area contributed by atoms with Gasteiger partial charge >= 0.3 is 0 Å². The number of methoxy groups -OCH3 is 1. The third-order valence-electron chi connectivity index (χ3n) is 3.03. The number of nitrogens with zero attached hydrogens (tertiary/aromatic N) is 2. The third kappa shape index (κ3) is 3.93. The minimum Gasteiger partial charge on any atom is -0.472 e. The maximum Gasteiger partial charge on any atom is 0.293 e. The molecule has 4 nitrogen and oxygen atoms in total. The SMILES string of the molecule is COc1nnc(Cc2ccc(Cl)c(Oc3ccccc3Cl)c2)s1. The maximum atomic E-state index is 6.21. The Balaban J connectivity index is 1.82. The Hall–Kier alpha value is -1.82. The fourth-order valence-electron chi connectivity index (χ4n) is 1.95. The van der Waals surface area contributed by atoms with Crippen molar-refractivity contribution < 1.29 is 9.47 Å². The van der Waals surface area contributed by atoms with Gasteiger partial charge in [0.05, 0.1) is 17.2 Å². The first-order valence-corrected chi connectivity index (χ1v) is 8.30. The molecule has 0 aliphatic rings. The van der Waals surface area contributed by atoms with E-state index in [1.807, 2.05) is 24.3 Å². The van der Waals surface area contributed by atoms with E-state index in [0.717, 1.165) is 10.6 Å². The van der Waals surface area contributed by atoms with Crippen LogP contribution in [0.15, 0.2) is 42.5 Å². The lowest BCUT2D eigenvalue weighted by molar-refractivity contribution is 0.407. The highest BCUT2D eigenvalue weighted by molar-refractivity contribution is 7.13. The van der Waals surface area contributed by atoms with Crippen molar-refractivity contribution >= 4 is 34.5 Å². The van der Waals surface area contributed by atoms with Crippen LogP contribution >= 0.6 is 34.5 Å². The summed E-state index contributed by atoms with van der Waals surface area (Å²) in [5.74, 6) is 1.11. The molecular weight excluding hydrogens is 355 g/mol. The number of hydrogen-bond donors (Lipinski definition) is 0. The summed E-state index contributed by atoms with van der Waals surface area (Å²) in [6.07, 6.45) is 0.622. The second kappa shape index (κ2) is 7.17. The van der Waals surface area contributed by atoms with Gasteiger partial charge in [-0.15, -0.1) is 10.2 Å². The van der Waals surface area contributed by atoms with E-state index in [4.69, 9.17) is 32.7 Å². The van der Waals surface area contributed by atoms with Gasteiger partial charge in [-0.3, -0.25) is 0 Å². The Labute approximate surface area is 147 Å². The van der Waals surface area contributed by atoms with Gasteiger partial charge in [0.2, 0.25) is 0 Å². The molecule has 118 valence electrons. The Morgan fingerprint density at radius 3 is 2.52 bits per heavy atom. The Morgan fingerprint density at radius 1 is 1.00 bits per heavy atom. The minimum absolute atomic E-state index is 0.517. The summed E-state index contributed by atoms with van der Waals surface area (Å²) in [6, 6.07) is 12.8. The van der Waals surface area contributed by atoms with Crippen molar-refractivity contribution in [1.82, 2.24) is 10.2 Å². The van der Waals surface area contributed by atoms with Crippen LogP contribution in [0, 0.1) is 0 Å². The van der Waals surface area contributed by atoms with Gasteiger partial charge in [0.15, 0.2) is 0 Å². The van der Waals surface area contributed by atoms with E-state index in [9.17, 15) is 0 Å². The summed E-state index contributed by atoms with van der Waals surface area (Å²) in [5, 5.41) is 10.4. The lowest BCUT2D eigenvalue weighted by atomic mass is 10.1. The highest BCUT2D eigenvalue weighted by Crippen LogP contribution is 2.34. The normalized spacial score (nSPS) is 10.6. The van der Waals surface area contributed by atoms with Crippen molar-refractivity contribution in [3.8, 4) is 16.7 Å². The predicted octanol–water partition coefficient (Wildman–Crippen LogP) is 5.24. The zero-order valence-corrected chi connectivity index (χ0v) is 14.5. The summed E-state index contributed by atoms with van der Waals surface area (Å²) in [7, 11) is 1.57. The highest BCUT2D eigenvalue weighted by atomic mass is 35.5. The smallest absolute Gasteiger partial charge is 0.293 e. The number of hydrogen-bond acceptors (Lipinski definition) is 5. The van der Waals surface area contributed by atoms with Gasteiger partial charge in [0, 0.05) is 6.42 Å². The molecule has 7 heteroatoms. The van der Waals surface area contributed by atoms with Crippen LogP contribution in [-0.2, 0) is 6.42 Å². The Kier molecular flexibility index (Phi) is 5.00. The standard InChI is InChI=1S/C16H12Cl2N2O2S/c1-21-16-20-19-15(23-16)9-10-6-7-12(18)14(8-10)22-13-5-3-2-4-11(13)17/h2-8H,9H2,1H3. The number of para-hydroxylation sites is 1. The molecule has 3 aromatic rings. The van der Waals surface area contributed by atoms with Crippen LogP contribution in [-0.4, -0.2) is 17.3 Å². The second-order valence-corrected chi connectivity index (χ2v) is 6.48. The lowest BCUT2D eigenvalue weighted by Crippen LogP contribution is -1.91. The van der Waals surface area contributed by atoms with E-state index in [2.05, 4.69) is 10.2 Å². The van der Waals surface area contributed by atoms with Crippen LogP contribution in [0.5, 0.6) is 16.7 Å². The van der Waals surface area contributed by atoms with Crippen LogP contribution in [0.2, 0.25) is 10.0 Å². The van der Waals surface area contributed by atoms with E-state index in [1.165, 1.54) is 11.3 Å². The number of aromatic nitrogens is 2. The summed E-state index contributed by atoms with van der Waals surface area (Å²) < 4.78 is 10.9. The van der Waals surface area contributed by atoms with Crippen LogP contribution < -0.4 is 9.47 Å². The molecule has 0 radical (unpaired) electrons. The molecule has 0 amide bonds. The first kappa shape index (κ1) is 16.1. The number of ether oxygens (including phenoxy) is 2. The fraction of sp³-hybridized carbons (Fsp3) is 0.125. The third-order valence-corrected chi connectivity index (χ3v) is 4.54. The maximum absolute atomic E-state index is 6.21. The summed E-state index contributed by atoms with van der Waals surface area (Å²) >= 11 is 13.7. The van der Waals surface area contributed by atoms with Crippen molar-refractivity contribution in [2.45, 2.75) is 6.42 Å². The van der Waals surface area contributed by atoms with Gasteiger partial charge in [-0.05, 0) is 29.8 Å². The van der Waals surface area contributed by atoms with Gasteiger partial charge in [0.25, 0.3) is 5.19 Å². The predicted molar refractivity (Wildman–Crippen MR) is 92.2 cm³/mol. The van der Waals surface area contributed by atoms with E-state index >= 15 is 0 Å². The molecule has 0 unspecified atom stereocenters. The molecule has 1 aromatic heterocycles. The average molecular weight is 367 g/mol. The largest absolute Gasteiger partial charge is 0.472 e. The van der Waals surface area contributed by atoms with Crippen LogP contribution in [0.1, 0.15) is 10.6 Å². The molecule has 2 aromatic carbocycles. The molecule has 23 heavy (non-hydrogen) atoms. The van der Waals surface area contributed by atoms with E-state index in [-0.39, 0.29) is 0 Å². The van der Waals surface area contributed by atoms with E-state index in [1.54, 1.807) is 25.3 Å². The molecule has 0 spiro atoms. The molecule has 0 bridgehead atoms. The number of rotatable bonds is 5. The van der Waals surface area contributed by atoms with Gasteiger partial charge in [0.1, 0.15) is 16.5 Å². The molecule has 0 aliphatic heterocycles. The molecule has 3 rings (SSSR count). The molecule has 0 aliphatic carbocycles. The Morgan fingerprint density at radius 2 is 1.78 bits per heavy atom. The second-order valence-electron chi connectivity index (χ2n) is 4.64. The van der Waals surface area contributed by atoms with Gasteiger partial charge in [-0.25, -0.2) is 0 Å². The summed E-state index contributed by atoms with van der Waals surface area (Å²) in [5.41, 5.74) is 1.01. The van der Waals surface area contributed by atoms with Crippen molar-refractivity contribution in [1.29, 1.82) is 0 Å². The van der Waals surface area contributed by atoms with E-state index < -0.39 is 0 Å². The minimum atomic E-state index is 0.517. The lowest BCUT2D eigenvalue weighted by Gasteiger charge is -2.10. The van der Waals surface area contributed by atoms with Gasteiger partial charge in [-0.2, -0.15) is 0 Å². The summed E-state index contributed by atoms with van der Waals surface area (Å²) in [6.45, 7) is 0. The average Bonchev–Trinajstić information content (AvgIpc) is 3.00. The van der Waals surface area contributed by atoms with Crippen molar-refractivity contribution in [2.24, 2.45) is 0 Å². The number of halogens is 2. The molecule has 1 heterocycles. The topological polar surface area (TPSA) is 44.2 Å². The van der Waals surface area contributed by atoms with E-state index in [0.29, 0.717) is 33.2 Å². The van der Waals surface area contributed by atoms with Crippen molar-refractivity contribution in [3.63, 3.8) is 0 Å². The fourth-order valence-corrected chi connectivity index (χ4v) is 2.97. The summed E-state index contributed by atoms with van der Waals surface area (Å²) in [4.78, 5) is 0. The zero-order valence-electron chi connectivity index (χ0n) is 12.1. The number of benzene rings is 2. The first-order valence-electron chi connectivity index (χ1n) is 6.73. The molecular formula is C16H12Cl2N2O2S. The zero-order chi connectivity index (χ0) is 16.2. The molecule has 0 fully saturated rings.